The largest absolute Gasteiger partial charge is 0.480 e. The molecule has 0 aromatic heterocycles. The number of hydrogen-bond donors (Lipinski definition) is 2. The van der Waals surface area contributed by atoms with Gasteiger partial charge < -0.3 is 10.4 Å². The molecule has 2 N–H and O–H groups in total. The minimum atomic E-state index is -1.41. The van der Waals surface area contributed by atoms with Crippen molar-refractivity contribution in [3.05, 3.63) is 12.7 Å². The molecule has 0 bridgehead atoms. The van der Waals surface area contributed by atoms with E-state index in [9.17, 15) is 9.18 Å². The Balaban J connectivity index is 2.54. The fraction of sp³-hybridized carbons (Fsp3) is 0.625. The molecular weight excluding hydrogens is 161 g/mol. The van der Waals surface area contributed by atoms with Crippen LogP contribution in [0.1, 0.15) is 12.8 Å². The first-order chi connectivity index (χ1) is 5.57. The van der Waals surface area contributed by atoms with E-state index in [4.69, 9.17) is 5.11 Å². The van der Waals surface area contributed by atoms with Gasteiger partial charge >= 0.3 is 5.97 Å². The maximum atomic E-state index is 13.5. The van der Waals surface area contributed by atoms with Gasteiger partial charge in [0.05, 0.1) is 0 Å². The number of rotatable bonds is 3. The first kappa shape index (κ1) is 9.19. The van der Waals surface area contributed by atoms with Crippen molar-refractivity contribution in [1.82, 2.24) is 5.32 Å². The van der Waals surface area contributed by atoms with Crippen molar-refractivity contribution >= 4 is 5.97 Å². The molecule has 0 amide bonds. The Morgan fingerprint density at radius 2 is 2.58 bits per heavy atom. The van der Waals surface area contributed by atoms with Gasteiger partial charge in [-0.2, -0.15) is 0 Å². The van der Waals surface area contributed by atoms with Gasteiger partial charge in [-0.05, 0) is 0 Å². The van der Waals surface area contributed by atoms with Gasteiger partial charge in [0.2, 0.25) is 0 Å². The lowest BCUT2D eigenvalue weighted by Gasteiger charge is -2.14. The van der Waals surface area contributed by atoms with Crippen molar-refractivity contribution in [2.75, 3.05) is 6.54 Å². The van der Waals surface area contributed by atoms with Gasteiger partial charge in [-0.1, -0.05) is 6.08 Å². The Hall–Kier alpha value is -0.900. The van der Waals surface area contributed by atoms with Gasteiger partial charge in [-0.3, -0.25) is 4.79 Å². The number of carboxylic acid groups (broad SMARTS) is 1. The summed E-state index contributed by atoms with van der Waals surface area (Å²) in [6.45, 7) is 3.53. The summed E-state index contributed by atoms with van der Waals surface area (Å²) in [4.78, 5) is 10.4. The predicted molar refractivity (Wildman–Crippen MR) is 42.7 cm³/mol. The topological polar surface area (TPSA) is 49.3 Å². The molecule has 1 rings (SSSR count). The van der Waals surface area contributed by atoms with E-state index in [0.717, 1.165) is 0 Å². The van der Waals surface area contributed by atoms with Crippen molar-refractivity contribution in [3.8, 4) is 0 Å². The van der Waals surface area contributed by atoms with Crippen molar-refractivity contribution in [2.45, 2.75) is 24.6 Å². The van der Waals surface area contributed by atoms with Crippen LogP contribution in [0.25, 0.3) is 0 Å². The maximum Gasteiger partial charge on any atom is 0.320 e. The molecule has 0 radical (unpaired) electrons. The molecule has 1 aliphatic heterocycles. The lowest BCUT2D eigenvalue weighted by atomic mass is 9.98. The van der Waals surface area contributed by atoms with E-state index in [1.165, 1.54) is 6.08 Å². The minimum Gasteiger partial charge on any atom is -0.480 e. The second-order valence-corrected chi connectivity index (χ2v) is 3.12. The molecule has 1 fully saturated rings. The zero-order chi connectivity index (χ0) is 9.19. The molecule has 0 aliphatic carbocycles. The van der Waals surface area contributed by atoms with Crippen LogP contribution < -0.4 is 5.32 Å². The molecule has 1 unspecified atom stereocenters. The van der Waals surface area contributed by atoms with Gasteiger partial charge in [0, 0.05) is 19.4 Å². The summed E-state index contributed by atoms with van der Waals surface area (Å²) in [6.07, 6.45) is 1.73. The minimum absolute atomic E-state index is 0.0361. The molecule has 1 saturated heterocycles. The summed E-state index contributed by atoms with van der Waals surface area (Å²) in [5.74, 6) is -0.987. The van der Waals surface area contributed by atoms with Crippen molar-refractivity contribution < 1.29 is 14.3 Å². The Kier molecular flexibility index (Phi) is 2.47. The third kappa shape index (κ3) is 1.82. The van der Waals surface area contributed by atoms with E-state index in [-0.39, 0.29) is 19.4 Å². The second-order valence-electron chi connectivity index (χ2n) is 3.12. The van der Waals surface area contributed by atoms with Crippen LogP contribution in [0, 0.1) is 0 Å². The quantitative estimate of drug-likeness (QED) is 0.618. The first-order valence-corrected chi connectivity index (χ1v) is 3.83. The average Bonchev–Trinajstić information content (AvgIpc) is 2.33. The fourth-order valence-corrected chi connectivity index (χ4v) is 1.41. The van der Waals surface area contributed by atoms with Crippen LogP contribution in [0.3, 0.4) is 0 Å². The highest BCUT2D eigenvalue weighted by molar-refractivity contribution is 5.74. The van der Waals surface area contributed by atoms with E-state index in [1.807, 2.05) is 0 Å². The summed E-state index contributed by atoms with van der Waals surface area (Å²) in [7, 11) is 0. The standard InChI is InChI=1S/C8H12FNO2/c1-2-3-8(9)4-6(7(11)12)10-5-8/h2,6,10H,1,3-5H2,(H,11,12)/t6-,8?/m0/s1. The van der Waals surface area contributed by atoms with Crippen LogP contribution in [-0.4, -0.2) is 29.3 Å². The van der Waals surface area contributed by atoms with Gasteiger partial charge in [-0.15, -0.1) is 6.58 Å². The van der Waals surface area contributed by atoms with Gasteiger partial charge in [0.15, 0.2) is 0 Å². The molecule has 3 nitrogen and oxygen atoms in total. The van der Waals surface area contributed by atoms with Crippen LogP contribution in [0.5, 0.6) is 0 Å². The zero-order valence-electron chi connectivity index (χ0n) is 6.72. The van der Waals surface area contributed by atoms with Gasteiger partial charge in [0.1, 0.15) is 11.7 Å². The molecule has 12 heavy (non-hydrogen) atoms. The van der Waals surface area contributed by atoms with Crippen LogP contribution in [0.15, 0.2) is 12.7 Å². The Morgan fingerprint density at radius 3 is 3.00 bits per heavy atom. The van der Waals surface area contributed by atoms with E-state index in [0.29, 0.717) is 0 Å². The molecule has 2 atom stereocenters. The highest BCUT2D eigenvalue weighted by Crippen LogP contribution is 2.27. The summed E-state index contributed by atoms with van der Waals surface area (Å²) >= 11 is 0. The molecule has 68 valence electrons. The maximum absolute atomic E-state index is 13.5. The fourth-order valence-electron chi connectivity index (χ4n) is 1.41. The van der Waals surface area contributed by atoms with Crippen LogP contribution in [0.2, 0.25) is 0 Å². The highest BCUT2D eigenvalue weighted by atomic mass is 19.1. The monoisotopic (exact) mass is 173 g/mol. The van der Waals surface area contributed by atoms with Crippen molar-refractivity contribution in [1.29, 1.82) is 0 Å². The molecule has 0 saturated carbocycles. The average molecular weight is 173 g/mol. The van der Waals surface area contributed by atoms with E-state index in [1.54, 1.807) is 0 Å². The first-order valence-electron chi connectivity index (χ1n) is 3.83. The summed E-state index contributed by atoms with van der Waals surface area (Å²) in [5.41, 5.74) is -1.41. The van der Waals surface area contributed by atoms with Crippen molar-refractivity contribution in [2.24, 2.45) is 0 Å². The number of allylic oxidation sites excluding steroid dienone is 1. The summed E-state index contributed by atoms with van der Waals surface area (Å²) < 4.78 is 13.5. The molecule has 0 aromatic rings. The van der Waals surface area contributed by atoms with E-state index in [2.05, 4.69) is 11.9 Å². The number of aliphatic carboxylic acids is 1. The number of nitrogens with one attached hydrogen (secondary N) is 1. The molecule has 1 heterocycles. The predicted octanol–water partition coefficient (Wildman–Crippen LogP) is 0.717. The molecule has 1 aliphatic rings. The Labute approximate surface area is 70.3 Å². The zero-order valence-corrected chi connectivity index (χ0v) is 6.72. The number of carbonyl (C=O) groups is 1. The Bertz CT molecular complexity index is 207. The lowest BCUT2D eigenvalue weighted by molar-refractivity contribution is -0.139. The van der Waals surface area contributed by atoms with Crippen LogP contribution in [-0.2, 0) is 4.79 Å². The second kappa shape index (κ2) is 3.23. The van der Waals surface area contributed by atoms with Gasteiger partial charge in [-0.25, -0.2) is 4.39 Å². The Morgan fingerprint density at radius 1 is 1.92 bits per heavy atom. The number of halogens is 1. The number of carboxylic acids is 1. The lowest BCUT2D eigenvalue weighted by Crippen LogP contribution is -2.30. The molecule has 0 spiro atoms. The van der Waals surface area contributed by atoms with Crippen LogP contribution >= 0.6 is 0 Å². The van der Waals surface area contributed by atoms with Crippen LogP contribution in [0.4, 0.5) is 4.39 Å². The summed E-state index contributed by atoms with van der Waals surface area (Å²) in [5, 5.41) is 11.2. The molecular formula is C8H12FNO2. The van der Waals surface area contributed by atoms with E-state index < -0.39 is 17.7 Å². The highest BCUT2D eigenvalue weighted by Gasteiger charge is 2.40. The smallest absolute Gasteiger partial charge is 0.320 e. The molecule has 4 heteroatoms. The number of hydrogen-bond acceptors (Lipinski definition) is 2. The third-order valence-electron chi connectivity index (χ3n) is 2.04. The third-order valence-corrected chi connectivity index (χ3v) is 2.04. The molecule has 0 aromatic carbocycles. The van der Waals surface area contributed by atoms with Crippen molar-refractivity contribution in [3.63, 3.8) is 0 Å². The van der Waals surface area contributed by atoms with Gasteiger partial charge in [0.25, 0.3) is 0 Å². The normalized spacial score (nSPS) is 34.9. The SMILES string of the molecule is C=CCC1(F)CN[C@H](C(=O)O)C1. The number of alkyl halides is 1. The van der Waals surface area contributed by atoms with E-state index >= 15 is 0 Å². The summed E-state index contributed by atoms with van der Waals surface area (Å²) in [6, 6.07) is -0.741.